The molecule has 0 aliphatic carbocycles. The molecule has 0 unspecified atom stereocenters. The number of alkyl halides is 1. The fraction of sp³-hybridized carbons (Fsp3) is 0.615. The normalized spacial score (nSPS) is 14.6. The maximum atomic E-state index is 12.0. The molecule has 7 nitrogen and oxygen atoms in total. The van der Waals surface area contributed by atoms with Gasteiger partial charge in [-0.2, -0.15) is 5.10 Å². The molecule has 0 radical (unpaired) electrons. The Labute approximate surface area is 128 Å². The molecule has 1 aromatic heterocycles. The molecule has 0 saturated carbocycles. The van der Waals surface area contributed by atoms with E-state index < -0.39 is 5.60 Å². The van der Waals surface area contributed by atoms with Gasteiger partial charge >= 0.3 is 6.09 Å². The predicted octanol–water partition coefficient (Wildman–Crippen LogP) is 1.88. The number of nitrogens with zero attached hydrogens (tertiary/aromatic N) is 2. The zero-order chi connectivity index (χ0) is 15.6. The molecule has 2 heterocycles. The lowest BCUT2D eigenvalue weighted by molar-refractivity contribution is -0.114. The molecular formula is C13H19ClN4O3. The third-order valence-electron chi connectivity index (χ3n) is 2.96. The first-order chi connectivity index (χ1) is 9.80. The number of hydrogen-bond acceptors (Lipinski definition) is 4. The van der Waals surface area contributed by atoms with Crippen molar-refractivity contribution in [2.24, 2.45) is 0 Å². The summed E-state index contributed by atoms with van der Waals surface area (Å²) in [5.41, 5.74) is 1.19. The van der Waals surface area contributed by atoms with Gasteiger partial charge in [0, 0.05) is 12.1 Å². The number of anilines is 1. The van der Waals surface area contributed by atoms with E-state index in [1.807, 2.05) is 20.8 Å². The maximum Gasteiger partial charge on any atom is 0.410 e. The number of aromatic amines is 1. The number of nitrogens with one attached hydrogen (secondary N) is 2. The Hall–Kier alpha value is -1.76. The van der Waals surface area contributed by atoms with Crippen molar-refractivity contribution in [3.63, 3.8) is 0 Å². The zero-order valence-corrected chi connectivity index (χ0v) is 13.1. The first-order valence-electron chi connectivity index (χ1n) is 6.70. The molecule has 0 bridgehead atoms. The van der Waals surface area contributed by atoms with Crippen molar-refractivity contribution in [1.82, 2.24) is 15.1 Å². The number of aromatic nitrogens is 2. The highest BCUT2D eigenvalue weighted by molar-refractivity contribution is 6.29. The quantitative estimate of drug-likeness (QED) is 0.816. The third-order valence-corrected chi connectivity index (χ3v) is 3.21. The second-order valence-corrected chi connectivity index (χ2v) is 6.13. The van der Waals surface area contributed by atoms with E-state index in [1.54, 1.807) is 4.90 Å². The lowest BCUT2D eigenvalue weighted by atomic mass is 10.1. The average Bonchev–Trinajstić information content (AvgIpc) is 2.79. The molecule has 1 aliphatic rings. The van der Waals surface area contributed by atoms with Crippen molar-refractivity contribution in [3.8, 4) is 0 Å². The van der Waals surface area contributed by atoms with E-state index in [4.69, 9.17) is 16.3 Å². The van der Waals surface area contributed by atoms with Gasteiger partial charge in [0.25, 0.3) is 0 Å². The van der Waals surface area contributed by atoms with Crippen LogP contribution in [-0.4, -0.2) is 45.1 Å². The van der Waals surface area contributed by atoms with Gasteiger partial charge in [-0.1, -0.05) is 0 Å². The Morgan fingerprint density at radius 1 is 1.48 bits per heavy atom. The number of amides is 2. The number of H-pyrrole nitrogens is 1. The Kier molecular flexibility index (Phi) is 4.41. The lowest BCUT2D eigenvalue weighted by Gasteiger charge is -2.29. The number of rotatable bonds is 2. The van der Waals surface area contributed by atoms with Crippen LogP contribution < -0.4 is 5.32 Å². The van der Waals surface area contributed by atoms with Crippen molar-refractivity contribution in [2.45, 2.75) is 39.3 Å². The van der Waals surface area contributed by atoms with Crippen LogP contribution in [0.3, 0.4) is 0 Å². The standard InChI is InChI=1S/C13H19ClN4O3/c1-13(2,3)21-12(20)18-5-4-8-9(7-18)16-17-11(8)15-10(19)6-14/h4-7H2,1-3H3,(H2,15,16,17,19). The first-order valence-corrected chi connectivity index (χ1v) is 7.23. The van der Waals surface area contributed by atoms with Crippen LogP contribution in [0.25, 0.3) is 0 Å². The topological polar surface area (TPSA) is 87.3 Å². The minimum Gasteiger partial charge on any atom is -0.444 e. The van der Waals surface area contributed by atoms with Crippen LogP contribution in [0.2, 0.25) is 0 Å². The summed E-state index contributed by atoms with van der Waals surface area (Å²) in [5, 5.41) is 9.54. The molecule has 0 fully saturated rings. The molecular weight excluding hydrogens is 296 g/mol. The van der Waals surface area contributed by atoms with Gasteiger partial charge in [-0.3, -0.25) is 9.89 Å². The Morgan fingerprint density at radius 3 is 2.81 bits per heavy atom. The van der Waals surface area contributed by atoms with Gasteiger partial charge in [-0.25, -0.2) is 4.79 Å². The van der Waals surface area contributed by atoms with Gasteiger partial charge in [-0.15, -0.1) is 11.6 Å². The fourth-order valence-corrected chi connectivity index (χ4v) is 2.14. The SMILES string of the molecule is CC(C)(C)OC(=O)N1CCc2c(NC(=O)CCl)n[nH]c2C1. The second kappa shape index (κ2) is 5.93. The van der Waals surface area contributed by atoms with Crippen LogP contribution in [0.5, 0.6) is 0 Å². The molecule has 21 heavy (non-hydrogen) atoms. The van der Waals surface area contributed by atoms with Crippen LogP contribution >= 0.6 is 11.6 Å². The summed E-state index contributed by atoms with van der Waals surface area (Å²) in [7, 11) is 0. The summed E-state index contributed by atoms with van der Waals surface area (Å²) < 4.78 is 5.35. The van der Waals surface area contributed by atoms with E-state index >= 15 is 0 Å². The Balaban J connectivity index is 2.05. The van der Waals surface area contributed by atoms with Crippen LogP contribution in [0.4, 0.5) is 10.6 Å². The molecule has 2 N–H and O–H groups in total. The van der Waals surface area contributed by atoms with Gasteiger partial charge in [0.05, 0.1) is 12.2 Å². The van der Waals surface area contributed by atoms with Crippen molar-refractivity contribution >= 4 is 29.4 Å². The highest BCUT2D eigenvalue weighted by atomic mass is 35.5. The zero-order valence-electron chi connectivity index (χ0n) is 12.3. The monoisotopic (exact) mass is 314 g/mol. The number of halogens is 1. The van der Waals surface area contributed by atoms with Crippen molar-refractivity contribution in [2.75, 3.05) is 17.7 Å². The molecule has 0 atom stereocenters. The van der Waals surface area contributed by atoms with Gasteiger partial charge in [-0.05, 0) is 27.2 Å². The maximum absolute atomic E-state index is 12.0. The number of carbonyl (C=O) groups excluding carboxylic acids is 2. The Bertz CT molecular complexity index is 550. The number of carbonyl (C=O) groups is 2. The van der Waals surface area contributed by atoms with E-state index in [2.05, 4.69) is 15.5 Å². The molecule has 1 aliphatic heterocycles. The summed E-state index contributed by atoms with van der Waals surface area (Å²) in [6.45, 7) is 6.39. The molecule has 0 saturated heterocycles. The Morgan fingerprint density at radius 2 is 2.19 bits per heavy atom. The summed E-state index contributed by atoms with van der Waals surface area (Å²) in [4.78, 5) is 25.0. The van der Waals surface area contributed by atoms with Crippen molar-refractivity contribution in [1.29, 1.82) is 0 Å². The average molecular weight is 315 g/mol. The number of ether oxygens (including phenoxy) is 1. The van der Waals surface area contributed by atoms with E-state index in [1.165, 1.54) is 0 Å². The smallest absolute Gasteiger partial charge is 0.410 e. The van der Waals surface area contributed by atoms with Crippen LogP contribution in [0.1, 0.15) is 32.0 Å². The fourth-order valence-electron chi connectivity index (χ4n) is 2.07. The van der Waals surface area contributed by atoms with Crippen LogP contribution in [0.15, 0.2) is 0 Å². The molecule has 1 aromatic rings. The minimum absolute atomic E-state index is 0.119. The number of hydrogen-bond donors (Lipinski definition) is 2. The van der Waals surface area contributed by atoms with Crippen molar-refractivity contribution < 1.29 is 14.3 Å². The number of fused-ring (bicyclic) bond motifs is 1. The van der Waals surface area contributed by atoms with E-state index in [0.29, 0.717) is 25.3 Å². The summed E-state index contributed by atoms with van der Waals surface area (Å²) >= 11 is 5.46. The van der Waals surface area contributed by atoms with Crippen molar-refractivity contribution in [3.05, 3.63) is 11.3 Å². The van der Waals surface area contributed by atoms with Gasteiger partial charge in [0.2, 0.25) is 5.91 Å². The predicted molar refractivity (Wildman–Crippen MR) is 78.3 cm³/mol. The van der Waals surface area contributed by atoms with Crippen LogP contribution in [-0.2, 0) is 22.5 Å². The summed E-state index contributed by atoms with van der Waals surface area (Å²) in [5.74, 6) is 0.0612. The molecule has 0 spiro atoms. The largest absolute Gasteiger partial charge is 0.444 e. The molecule has 2 amide bonds. The molecule has 2 rings (SSSR count). The van der Waals surface area contributed by atoms with E-state index in [9.17, 15) is 9.59 Å². The first kappa shape index (κ1) is 15.6. The molecule has 0 aromatic carbocycles. The second-order valence-electron chi connectivity index (χ2n) is 5.86. The summed E-state index contributed by atoms with van der Waals surface area (Å²) in [6, 6.07) is 0. The summed E-state index contributed by atoms with van der Waals surface area (Å²) in [6.07, 6.45) is 0.247. The third kappa shape index (κ3) is 3.87. The molecule has 8 heteroatoms. The van der Waals surface area contributed by atoms with Gasteiger partial charge in [0.15, 0.2) is 5.82 Å². The van der Waals surface area contributed by atoms with E-state index in [0.717, 1.165) is 11.3 Å². The van der Waals surface area contributed by atoms with Gasteiger partial charge < -0.3 is 15.0 Å². The highest BCUT2D eigenvalue weighted by Gasteiger charge is 2.28. The molecule has 116 valence electrons. The minimum atomic E-state index is -0.523. The van der Waals surface area contributed by atoms with Crippen LogP contribution in [0, 0.1) is 0 Å². The lowest BCUT2D eigenvalue weighted by Crippen LogP contribution is -2.40. The highest BCUT2D eigenvalue weighted by Crippen LogP contribution is 2.24. The van der Waals surface area contributed by atoms with E-state index in [-0.39, 0.29) is 17.9 Å². The van der Waals surface area contributed by atoms with Gasteiger partial charge in [0.1, 0.15) is 11.5 Å².